The van der Waals surface area contributed by atoms with Crippen molar-refractivity contribution in [3.8, 4) is 0 Å². The molecule has 0 aromatic carbocycles. The van der Waals surface area contributed by atoms with Gasteiger partial charge in [0.1, 0.15) is 5.65 Å². The van der Waals surface area contributed by atoms with Crippen LogP contribution >= 0.6 is 0 Å². The van der Waals surface area contributed by atoms with Crippen LogP contribution in [0.2, 0.25) is 0 Å². The van der Waals surface area contributed by atoms with Crippen molar-refractivity contribution in [3.05, 3.63) is 54.2 Å². The summed E-state index contributed by atoms with van der Waals surface area (Å²) in [7, 11) is 0. The van der Waals surface area contributed by atoms with Gasteiger partial charge in [0.15, 0.2) is 0 Å². The minimum atomic E-state index is 0.351. The van der Waals surface area contributed by atoms with Gasteiger partial charge in [-0.2, -0.15) is 5.10 Å². The van der Waals surface area contributed by atoms with Crippen LogP contribution in [0.1, 0.15) is 18.3 Å². The van der Waals surface area contributed by atoms with Gasteiger partial charge in [0.05, 0.1) is 17.9 Å². The van der Waals surface area contributed by atoms with Crippen LogP contribution in [0.5, 0.6) is 0 Å². The Morgan fingerprint density at radius 1 is 1.25 bits per heavy atom. The monoisotopic (exact) mass is 269 g/mol. The molecule has 0 aliphatic carbocycles. The van der Waals surface area contributed by atoms with E-state index in [2.05, 4.69) is 39.8 Å². The van der Waals surface area contributed by atoms with E-state index in [1.807, 2.05) is 35.1 Å². The molecule has 3 rings (SSSR count). The van der Waals surface area contributed by atoms with Crippen LogP contribution in [0.4, 0.5) is 0 Å². The smallest absolute Gasteiger partial charge is 0.137 e. The number of pyridine rings is 1. The number of imidazole rings is 1. The summed E-state index contributed by atoms with van der Waals surface area (Å²) in [6.07, 6.45) is 5.85. The predicted molar refractivity (Wildman–Crippen MR) is 78.5 cm³/mol. The Balaban J connectivity index is 1.69. The Kier molecular flexibility index (Phi) is 3.52. The van der Waals surface area contributed by atoms with Crippen LogP contribution in [0.3, 0.4) is 0 Å². The lowest BCUT2D eigenvalue weighted by atomic mass is 10.3. The third kappa shape index (κ3) is 2.58. The normalized spacial score (nSPS) is 12.9. The molecule has 0 amide bonds. The minimum Gasteiger partial charge on any atom is -0.307 e. The van der Waals surface area contributed by atoms with Gasteiger partial charge in [-0.1, -0.05) is 6.07 Å². The number of nitrogens with zero attached hydrogens (tertiary/aromatic N) is 4. The van der Waals surface area contributed by atoms with Crippen molar-refractivity contribution in [2.75, 3.05) is 0 Å². The second-order valence-corrected chi connectivity index (χ2v) is 5.08. The number of aryl methyl sites for hydroxylation is 1. The number of nitrogens with one attached hydrogen (secondary N) is 1. The summed E-state index contributed by atoms with van der Waals surface area (Å²) in [6.45, 7) is 5.89. The first kappa shape index (κ1) is 12.9. The van der Waals surface area contributed by atoms with Crippen LogP contribution in [0.25, 0.3) is 5.65 Å². The number of hydrogen-bond donors (Lipinski definition) is 1. The molecule has 0 radical (unpaired) electrons. The first-order valence-electron chi connectivity index (χ1n) is 6.87. The minimum absolute atomic E-state index is 0.351. The number of rotatable bonds is 5. The molecule has 3 aromatic heterocycles. The molecule has 1 N–H and O–H groups in total. The molecule has 0 fully saturated rings. The van der Waals surface area contributed by atoms with Gasteiger partial charge < -0.3 is 9.72 Å². The lowest BCUT2D eigenvalue weighted by Gasteiger charge is -2.14. The Labute approximate surface area is 118 Å². The number of aromatic nitrogens is 4. The molecule has 0 aliphatic heterocycles. The molecule has 104 valence electrons. The summed E-state index contributed by atoms with van der Waals surface area (Å²) < 4.78 is 4.09. The quantitative estimate of drug-likeness (QED) is 0.771. The largest absolute Gasteiger partial charge is 0.307 e. The predicted octanol–water partition coefficient (Wildman–Crippen LogP) is 2.02. The average Bonchev–Trinajstić information content (AvgIpc) is 3.03. The molecule has 0 bridgehead atoms. The van der Waals surface area contributed by atoms with Gasteiger partial charge in [-0.25, -0.2) is 4.98 Å². The van der Waals surface area contributed by atoms with E-state index in [1.165, 1.54) is 5.69 Å². The molecule has 3 heterocycles. The highest BCUT2D eigenvalue weighted by atomic mass is 15.3. The van der Waals surface area contributed by atoms with E-state index in [1.54, 1.807) is 6.20 Å². The molecule has 0 aliphatic rings. The van der Waals surface area contributed by atoms with E-state index in [4.69, 9.17) is 0 Å². The maximum atomic E-state index is 4.57. The first-order chi connectivity index (χ1) is 9.74. The summed E-state index contributed by atoms with van der Waals surface area (Å²) in [5.41, 5.74) is 3.30. The summed E-state index contributed by atoms with van der Waals surface area (Å²) in [6, 6.07) is 8.37. The van der Waals surface area contributed by atoms with Crippen LogP contribution in [-0.2, 0) is 13.1 Å². The van der Waals surface area contributed by atoms with Crippen LogP contribution in [0, 0.1) is 6.92 Å². The Hall–Kier alpha value is -2.14. The highest BCUT2D eigenvalue weighted by Gasteiger charge is 2.09. The van der Waals surface area contributed by atoms with E-state index >= 15 is 0 Å². The molecular formula is C15H19N5. The van der Waals surface area contributed by atoms with Crippen molar-refractivity contribution in [2.45, 2.75) is 33.0 Å². The lowest BCUT2D eigenvalue weighted by Crippen LogP contribution is -2.30. The molecule has 20 heavy (non-hydrogen) atoms. The standard InChI is InChI=1S/C15H19N5/c1-12(11-19-8-5-7-17-19)16-10-14-13(2)18-15-6-3-4-9-20(14)15/h3-9,12,16H,10-11H2,1-2H3. The fraction of sp³-hybridized carbons (Fsp3) is 0.333. The maximum Gasteiger partial charge on any atom is 0.137 e. The van der Waals surface area contributed by atoms with Gasteiger partial charge in [0.2, 0.25) is 0 Å². The van der Waals surface area contributed by atoms with Gasteiger partial charge in [-0.15, -0.1) is 0 Å². The van der Waals surface area contributed by atoms with E-state index < -0.39 is 0 Å². The third-order valence-electron chi connectivity index (χ3n) is 3.47. The molecule has 1 unspecified atom stereocenters. The van der Waals surface area contributed by atoms with Gasteiger partial charge in [0, 0.05) is 31.2 Å². The topological polar surface area (TPSA) is 47.1 Å². The third-order valence-corrected chi connectivity index (χ3v) is 3.47. The lowest BCUT2D eigenvalue weighted by molar-refractivity contribution is 0.447. The van der Waals surface area contributed by atoms with Crippen molar-refractivity contribution < 1.29 is 0 Å². The summed E-state index contributed by atoms with van der Waals surface area (Å²) >= 11 is 0. The molecule has 0 saturated heterocycles. The number of hydrogen-bond acceptors (Lipinski definition) is 3. The summed E-state index contributed by atoms with van der Waals surface area (Å²) in [5, 5.41) is 7.76. The highest BCUT2D eigenvalue weighted by Crippen LogP contribution is 2.11. The van der Waals surface area contributed by atoms with E-state index in [-0.39, 0.29) is 0 Å². The fourth-order valence-electron chi connectivity index (χ4n) is 2.40. The number of fused-ring (bicyclic) bond motifs is 1. The first-order valence-corrected chi connectivity index (χ1v) is 6.87. The molecule has 0 spiro atoms. The zero-order valence-electron chi connectivity index (χ0n) is 11.8. The highest BCUT2D eigenvalue weighted by molar-refractivity contribution is 5.42. The Morgan fingerprint density at radius 3 is 2.95 bits per heavy atom. The van der Waals surface area contributed by atoms with Crippen molar-refractivity contribution in [1.29, 1.82) is 0 Å². The Bertz CT molecular complexity index is 683. The molecule has 5 heteroatoms. The maximum absolute atomic E-state index is 4.57. The molecule has 3 aromatic rings. The molecule has 1 atom stereocenters. The van der Waals surface area contributed by atoms with Crippen molar-refractivity contribution in [3.63, 3.8) is 0 Å². The summed E-state index contributed by atoms with van der Waals surface area (Å²) in [5.74, 6) is 0. The molecule has 5 nitrogen and oxygen atoms in total. The summed E-state index contributed by atoms with van der Waals surface area (Å²) in [4.78, 5) is 4.57. The van der Waals surface area contributed by atoms with Crippen molar-refractivity contribution in [1.82, 2.24) is 24.5 Å². The van der Waals surface area contributed by atoms with E-state index in [9.17, 15) is 0 Å². The molecule has 0 saturated carbocycles. The average molecular weight is 269 g/mol. The zero-order chi connectivity index (χ0) is 13.9. The van der Waals surface area contributed by atoms with E-state index in [0.717, 1.165) is 24.4 Å². The van der Waals surface area contributed by atoms with Gasteiger partial charge in [0.25, 0.3) is 0 Å². The van der Waals surface area contributed by atoms with Gasteiger partial charge in [-0.05, 0) is 32.0 Å². The van der Waals surface area contributed by atoms with Crippen LogP contribution in [-0.4, -0.2) is 25.2 Å². The SMILES string of the molecule is Cc1nc2ccccn2c1CNC(C)Cn1cccn1. The second-order valence-electron chi connectivity index (χ2n) is 5.08. The molecular weight excluding hydrogens is 250 g/mol. The Morgan fingerprint density at radius 2 is 2.15 bits per heavy atom. The van der Waals surface area contributed by atoms with Crippen LogP contribution in [0.15, 0.2) is 42.9 Å². The van der Waals surface area contributed by atoms with Gasteiger partial charge in [-0.3, -0.25) is 4.68 Å². The zero-order valence-corrected chi connectivity index (χ0v) is 11.8. The van der Waals surface area contributed by atoms with Crippen LogP contribution < -0.4 is 5.32 Å². The van der Waals surface area contributed by atoms with E-state index in [0.29, 0.717) is 6.04 Å². The van der Waals surface area contributed by atoms with Gasteiger partial charge >= 0.3 is 0 Å². The second kappa shape index (κ2) is 5.46. The fourth-order valence-corrected chi connectivity index (χ4v) is 2.40. The van der Waals surface area contributed by atoms with Crippen molar-refractivity contribution >= 4 is 5.65 Å². The van der Waals surface area contributed by atoms with Crippen molar-refractivity contribution in [2.24, 2.45) is 0 Å².